The van der Waals surface area contributed by atoms with E-state index in [-0.39, 0.29) is 25.7 Å². The largest absolute Gasteiger partial charge is 0.472 e. The molecular weight excluding hydrogens is 890 g/mol. The number of aliphatic hydroxyl groups is 6. The number of unbranched alkanes of at least 4 members (excludes halogenated alkanes) is 11. The fourth-order valence-electron chi connectivity index (χ4n) is 6.59. The van der Waals surface area contributed by atoms with Gasteiger partial charge in [-0.25, -0.2) is 9.13 Å². The van der Waals surface area contributed by atoms with Gasteiger partial charge in [0.2, 0.25) is 0 Å². The second-order valence-electron chi connectivity index (χ2n) is 16.2. The van der Waals surface area contributed by atoms with Crippen LogP contribution >= 0.6 is 15.6 Å². The zero-order chi connectivity index (χ0) is 48.5. The average molecular weight is 969 g/mol. The van der Waals surface area contributed by atoms with Crippen LogP contribution in [0.3, 0.4) is 0 Å². The van der Waals surface area contributed by atoms with Crippen LogP contribution in [0.15, 0.2) is 60.8 Å². The highest BCUT2D eigenvalue weighted by atomic mass is 31.2. The topological polar surface area (TPSA) is 296 Å². The molecule has 0 heterocycles. The van der Waals surface area contributed by atoms with Crippen LogP contribution in [0.4, 0.5) is 0 Å². The fraction of sp³-hybridized carbons (Fsp3) is 0.733. The first-order chi connectivity index (χ1) is 30.9. The molecule has 0 spiro atoms. The minimum atomic E-state index is -5.39. The smallest absolute Gasteiger partial charge is 0.462 e. The van der Waals surface area contributed by atoms with Gasteiger partial charge in [0.15, 0.2) is 6.10 Å². The van der Waals surface area contributed by atoms with Crippen molar-refractivity contribution in [1.82, 2.24) is 0 Å². The van der Waals surface area contributed by atoms with Crippen molar-refractivity contribution in [3.05, 3.63) is 60.8 Å². The summed E-state index contributed by atoms with van der Waals surface area (Å²) in [6.07, 6.45) is 18.1. The summed E-state index contributed by atoms with van der Waals surface area (Å²) >= 11 is 0. The Balaban J connectivity index is 2.73. The van der Waals surface area contributed by atoms with Gasteiger partial charge in [0.05, 0.1) is 18.8 Å². The van der Waals surface area contributed by atoms with Crippen molar-refractivity contribution in [2.45, 2.75) is 197 Å². The molecule has 0 aromatic carbocycles. The summed E-state index contributed by atoms with van der Waals surface area (Å²) in [5.74, 6) is -1.45. The van der Waals surface area contributed by atoms with Crippen molar-refractivity contribution in [3.63, 3.8) is 0 Å². The summed E-state index contributed by atoms with van der Waals surface area (Å²) in [5, 5.41) is 61.4. The van der Waals surface area contributed by atoms with Crippen LogP contribution < -0.4 is 0 Å². The Kier molecular flexibility index (Phi) is 33.3. The first-order valence-electron chi connectivity index (χ1n) is 23.1. The van der Waals surface area contributed by atoms with Crippen molar-refractivity contribution in [2.75, 3.05) is 13.2 Å². The number of hydrogen-bond acceptors (Lipinski definition) is 15. The van der Waals surface area contributed by atoms with E-state index < -0.39 is 95.7 Å². The lowest BCUT2D eigenvalue weighted by atomic mass is 9.85. The average Bonchev–Trinajstić information content (AvgIpc) is 3.25. The Morgan fingerprint density at radius 2 is 1.08 bits per heavy atom. The van der Waals surface area contributed by atoms with Crippen LogP contribution in [0, 0.1) is 0 Å². The molecule has 376 valence electrons. The van der Waals surface area contributed by atoms with Crippen molar-refractivity contribution in [2.24, 2.45) is 0 Å². The molecule has 65 heavy (non-hydrogen) atoms. The Bertz CT molecular complexity index is 1530. The predicted molar refractivity (Wildman–Crippen MR) is 244 cm³/mol. The van der Waals surface area contributed by atoms with Gasteiger partial charge in [-0.1, -0.05) is 132 Å². The molecule has 0 bridgehead atoms. The highest BCUT2D eigenvalue weighted by Crippen LogP contribution is 2.49. The summed E-state index contributed by atoms with van der Waals surface area (Å²) < 4.78 is 49.1. The summed E-state index contributed by atoms with van der Waals surface area (Å²) in [4.78, 5) is 54.2. The molecule has 9 N–H and O–H groups in total. The van der Waals surface area contributed by atoms with Gasteiger partial charge in [0.1, 0.15) is 43.2 Å². The second-order valence-corrected chi connectivity index (χ2v) is 18.8. The number of esters is 2. The lowest BCUT2D eigenvalue weighted by Crippen LogP contribution is -2.64. The zero-order valence-corrected chi connectivity index (χ0v) is 39.9. The number of carbonyl (C=O) groups excluding carboxylic acids is 2. The van der Waals surface area contributed by atoms with Crippen LogP contribution in [0.25, 0.3) is 0 Å². The van der Waals surface area contributed by atoms with Gasteiger partial charge in [0, 0.05) is 12.8 Å². The monoisotopic (exact) mass is 968 g/mol. The Morgan fingerprint density at radius 3 is 1.66 bits per heavy atom. The molecule has 0 amide bonds. The van der Waals surface area contributed by atoms with Gasteiger partial charge in [-0.3, -0.25) is 23.2 Å². The van der Waals surface area contributed by atoms with Crippen LogP contribution in [-0.2, 0) is 41.8 Å². The molecule has 20 heteroatoms. The Hall–Kier alpha value is -2.38. The molecule has 5 unspecified atom stereocenters. The van der Waals surface area contributed by atoms with Gasteiger partial charge in [-0.2, -0.15) is 0 Å². The van der Waals surface area contributed by atoms with E-state index in [1.807, 2.05) is 18.2 Å². The normalized spacial score (nSPS) is 23.2. The summed E-state index contributed by atoms with van der Waals surface area (Å²) in [5.41, 5.74) is 0. The maximum atomic E-state index is 13.0. The molecule has 0 aliphatic heterocycles. The number of hydrogen-bond donors (Lipinski definition) is 9. The number of carbonyl (C=O) groups is 2. The summed E-state index contributed by atoms with van der Waals surface area (Å²) in [6.45, 7) is 2.78. The van der Waals surface area contributed by atoms with Gasteiger partial charge < -0.3 is 54.8 Å². The molecule has 0 aromatic rings. The molecule has 1 aliphatic carbocycles. The number of allylic oxidation sites excluding steroid dienone is 8. The molecule has 18 nitrogen and oxygen atoms in total. The maximum absolute atomic E-state index is 13.0. The second kappa shape index (κ2) is 35.7. The van der Waals surface area contributed by atoms with Crippen molar-refractivity contribution in [1.29, 1.82) is 0 Å². The molecule has 1 fully saturated rings. The molecule has 1 rings (SSSR count). The quantitative estimate of drug-likeness (QED) is 0.0110. The number of rotatable bonds is 37. The SMILES string of the molecule is CCCCCC/C=C\CCCCCCCC(=O)OC[C@H](COP(=O)(O)O[C@H]1C(O)C(O)C(O)[C@@H](OP(=O)(O)O)C1O)OC(=O)CCC[C@H](O)/C=C/C=C\C/C=C\C=C\[C@H](O)CCCCC. The minimum absolute atomic E-state index is 0.0587. The van der Waals surface area contributed by atoms with E-state index in [0.29, 0.717) is 12.8 Å². The number of aliphatic hydroxyl groups excluding tert-OH is 6. The number of phosphoric ester groups is 2. The van der Waals surface area contributed by atoms with E-state index in [1.54, 1.807) is 30.4 Å². The van der Waals surface area contributed by atoms with Crippen molar-refractivity contribution in [3.8, 4) is 0 Å². The first kappa shape index (κ1) is 60.6. The Labute approximate surface area is 384 Å². The van der Waals surface area contributed by atoms with Gasteiger partial charge in [-0.05, 0) is 57.8 Å². The lowest BCUT2D eigenvalue weighted by molar-refractivity contribution is -0.216. The molecule has 0 saturated heterocycles. The molecule has 1 aliphatic rings. The molecule has 10 atom stereocenters. The van der Waals surface area contributed by atoms with E-state index in [2.05, 4.69) is 30.5 Å². The third-order valence-corrected chi connectivity index (χ3v) is 11.8. The van der Waals surface area contributed by atoms with E-state index in [9.17, 15) is 54.3 Å². The summed E-state index contributed by atoms with van der Waals surface area (Å²) in [6, 6.07) is 0. The van der Waals surface area contributed by atoms with Crippen LogP contribution in [0.5, 0.6) is 0 Å². The maximum Gasteiger partial charge on any atom is 0.472 e. The van der Waals surface area contributed by atoms with Gasteiger partial charge in [0.25, 0.3) is 0 Å². The molecule has 0 aromatic heterocycles. The number of ether oxygens (including phenoxy) is 2. The van der Waals surface area contributed by atoms with E-state index >= 15 is 0 Å². The van der Waals surface area contributed by atoms with Gasteiger partial charge in [-0.15, -0.1) is 0 Å². The molecule has 1 saturated carbocycles. The standard InChI is InChI=1S/C45H78O18P2/c1-3-5-7-8-9-10-11-12-13-14-18-21-25-31-38(48)59-33-37(34-60-65(57,58)63-45-42(52)40(50)41(51)44(43(45)53)62-64(54,55)56)61-39(49)32-26-30-36(47)29-24-20-17-15-16-19-23-28-35(46)27-22-6-4-2/h10-11,16-17,19-20,23-24,28-29,35-37,40-47,50-53H,3-9,12-15,18,21-22,25-27,30-34H2,1-2H3,(H,57,58)(H2,54,55,56)/b11-10-,19-16-,20-17-,28-23+,29-24+/t35-,36-,37-,40?,41?,42?,43?,44-,45+/m1/s1. The highest BCUT2D eigenvalue weighted by Gasteiger charge is 2.54. The van der Waals surface area contributed by atoms with Crippen LogP contribution in [0.1, 0.15) is 142 Å². The highest BCUT2D eigenvalue weighted by molar-refractivity contribution is 7.47. The minimum Gasteiger partial charge on any atom is -0.462 e. The summed E-state index contributed by atoms with van der Waals surface area (Å²) in [7, 11) is -10.8. The fourth-order valence-corrected chi connectivity index (χ4v) is 8.12. The molecule has 0 radical (unpaired) electrons. The third-order valence-electron chi connectivity index (χ3n) is 10.3. The Morgan fingerprint density at radius 1 is 0.569 bits per heavy atom. The van der Waals surface area contributed by atoms with Crippen molar-refractivity contribution >= 4 is 27.6 Å². The number of phosphoric acid groups is 2. The van der Waals surface area contributed by atoms with E-state index in [0.717, 1.165) is 64.2 Å². The van der Waals surface area contributed by atoms with Crippen molar-refractivity contribution < 1.29 is 87.1 Å². The zero-order valence-electron chi connectivity index (χ0n) is 38.1. The first-order valence-corrected chi connectivity index (χ1v) is 26.1. The van der Waals surface area contributed by atoms with E-state index in [1.165, 1.54) is 25.7 Å². The van der Waals surface area contributed by atoms with Gasteiger partial charge >= 0.3 is 27.6 Å². The van der Waals surface area contributed by atoms with Crippen LogP contribution in [-0.4, -0.2) is 125 Å². The third kappa shape index (κ3) is 30.6. The predicted octanol–water partition coefficient (Wildman–Crippen LogP) is 6.22. The van der Waals surface area contributed by atoms with Crippen LogP contribution in [0.2, 0.25) is 0 Å². The lowest BCUT2D eigenvalue weighted by Gasteiger charge is -2.43. The molecular formula is C45H78O18P2. The van der Waals surface area contributed by atoms with E-state index in [4.69, 9.17) is 28.3 Å².